The van der Waals surface area contributed by atoms with E-state index in [0.717, 1.165) is 12.7 Å². The van der Waals surface area contributed by atoms with Crippen molar-refractivity contribution < 1.29 is 9.66 Å². The molecule has 1 aromatic heterocycles. The van der Waals surface area contributed by atoms with Crippen LogP contribution in [0.3, 0.4) is 0 Å². The van der Waals surface area contributed by atoms with E-state index in [0.29, 0.717) is 25.6 Å². The van der Waals surface area contributed by atoms with Crippen molar-refractivity contribution >= 4 is 11.5 Å². The van der Waals surface area contributed by atoms with Gasteiger partial charge in [0.1, 0.15) is 23.6 Å². The first-order valence-electron chi connectivity index (χ1n) is 6.05. The Hall–Kier alpha value is -2.24. The Morgan fingerprint density at radius 3 is 2.90 bits per heavy atom. The summed E-state index contributed by atoms with van der Waals surface area (Å²) in [7, 11) is 3.92. The van der Waals surface area contributed by atoms with Crippen LogP contribution >= 0.6 is 0 Å². The quantitative estimate of drug-likeness (QED) is 0.427. The molecule has 0 spiro atoms. The predicted molar refractivity (Wildman–Crippen MR) is 73.5 cm³/mol. The van der Waals surface area contributed by atoms with E-state index >= 15 is 0 Å². The lowest BCUT2D eigenvalue weighted by Gasteiger charge is -2.10. The van der Waals surface area contributed by atoms with Crippen LogP contribution in [-0.4, -0.2) is 55.2 Å². The molecule has 0 aliphatic rings. The van der Waals surface area contributed by atoms with Gasteiger partial charge >= 0.3 is 0 Å². The fourth-order valence-corrected chi connectivity index (χ4v) is 1.37. The molecule has 1 rings (SSSR count). The highest BCUT2D eigenvalue weighted by atomic mass is 16.6. The van der Waals surface area contributed by atoms with Gasteiger partial charge < -0.3 is 15.0 Å². The molecule has 1 aromatic rings. The number of nitrogens with one attached hydrogen (secondary N) is 1. The van der Waals surface area contributed by atoms with Crippen molar-refractivity contribution in [1.29, 1.82) is 5.26 Å². The molecule has 0 atom stereocenters. The summed E-state index contributed by atoms with van der Waals surface area (Å²) in [5.41, 5.74) is -0.0539. The molecule has 0 bridgehead atoms. The zero-order valence-electron chi connectivity index (χ0n) is 11.5. The van der Waals surface area contributed by atoms with E-state index in [1.807, 2.05) is 25.1 Å². The lowest BCUT2D eigenvalue weighted by molar-refractivity contribution is -0.385. The second-order valence-electron chi connectivity index (χ2n) is 4.30. The number of aromatic nitrogens is 1. The number of likely N-dealkylation sites (N-methyl/N-ethyl adjacent to an activating group) is 1. The molecule has 0 saturated carbocycles. The molecule has 0 aromatic carbocycles. The summed E-state index contributed by atoms with van der Waals surface area (Å²) in [5, 5.41) is 22.4. The van der Waals surface area contributed by atoms with Gasteiger partial charge in [-0.1, -0.05) is 0 Å². The monoisotopic (exact) mass is 279 g/mol. The van der Waals surface area contributed by atoms with E-state index in [2.05, 4.69) is 10.3 Å². The zero-order chi connectivity index (χ0) is 15.0. The summed E-state index contributed by atoms with van der Waals surface area (Å²) in [4.78, 5) is 15.9. The van der Waals surface area contributed by atoms with E-state index in [-0.39, 0.29) is 11.3 Å². The van der Waals surface area contributed by atoms with Crippen LogP contribution in [0.15, 0.2) is 12.3 Å². The number of anilines is 1. The fraction of sp³-hybridized carbons (Fsp3) is 0.500. The molecule has 20 heavy (non-hydrogen) atoms. The summed E-state index contributed by atoms with van der Waals surface area (Å²) >= 11 is 0. The van der Waals surface area contributed by atoms with Gasteiger partial charge in [-0.05, 0) is 14.1 Å². The number of nitrogens with zero attached hydrogens (tertiary/aromatic N) is 4. The molecule has 0 radical (unpaired) electrons. The highest BCUT2D eigenvalue weighted by Crippen LogP contribution is 2.17. The van der Waals surface area contributed by atoms with Crippen molar-refractivity contribution in [1.82, 2.24) is 9.88 Å². The van der Waals surface area contributed by atoms with Crippen LogP contribution in [0.4, 0.5) is 11.5 Å². The van der Waals surface area contributed by atoms with E-state index < -0.39 is 4.92 Å². The summed E-state index contributed by atoms with van der Waals surface area (Å²) in [6, 6.07) is 3.08. The van der Waals surface area contributed by atoms with Crippen molar-refractivity contribution in [2.24, 2.45) is 0 Å². The summed E-state index contributed by atoms with van der Waals surface area (Å²) in [6.45, 7) is 2.40. The highest BCUT2D eigenvalue weighted by Gasteiger charge is 2.11. The van der Waals surface area contributed by atoms with Crippen LogP contribution < -0.4 is 5.32 Å². The number of nitriles is 1. The van der Waals surface area contributed by atoms with E-state index in [4.69, 9.17) is 10.00 Å². The zero-order valence-corrected chi connectivity index (χ0v) is 11.5. The molecular weight excluding hydrogens is 262 g/mol. The predicted octanol–water partition coefficient (Wildman–Crippen LogP) is 0.852. The molecule has 8 heteroatoms. The Morgan fingerprint density at radius 2 is 2.30 bits per heavy atom. The van der Waals surface area contributed by atoms with Crippen molar-refractivity contribution in [3.05, 3.63) is 27.9 Å². The summed E-state index contributed by atoms with van der Waals surface area (Å²) < 4.78 is 5.38. The fourth-order valence-electron chi connectivity index (χ4n) is 1.37. The smallest absolute Gasteiger partial charge is 0.289 e. The molecule has 8 nitrogen and oxygen atoms in total. The first-order valence-corrected chi connectivity index (χ1v) is 6.05. The average molecular weight is 279 g/mol. The Bertz CT molecular complexity index is 498. The van der Waals surface area contributed by atoms with Crippen molar-refractivity contribution in [2.75, 3.05) is 45.7 Å². The third kappa shape index (κ3) is 5.17. The minimum absolute atomic E-state index is 0.146. The standard InChI is InChI=1S/C12H17N5O3/c1-16(2)4-6-20-5-3-14-12-10(8-13)7-11(9-15-12)17(18)19/h7,9H,3-6H2,1-2H3,(H,14,15). The topological polar surface area (TPSA) is 104 Å². The van der Waals surface area contributed by atoms with Gasteiger partial charge in [-0.2, -0.15) is 5.26 Å². The van der Waals surface area contributed by atoms with Gasteiger partial charge in [0.05, 0.1) is 18.1 Å². The largest absolute Gasteiger partial charge is 0.378 e. The summed E-state index contributed by atoms with van der Waals surface area (Å²) in [5.74, 6) is 0.328. The first-order chi connectivity index (χ1) is 9.54. The second-order valence-corrected chi connectivity index (χ2v) is 4.30. The molecule has 1 N–H and O–H groups in total. The normalized spacial score (nSPS) is 10.3. The molecule has 0 aliphatic carbocycles. The van der Waals surface area contributed by atoms with Crippen LogP contribution in [0.5, 0.6) is 0 Å². The van der Waals surface area contributed by atoms with Crippen LogP contribution in [0, 0.1) is 21.4 Å². The Balaban J connectivity index is 2.44. The lowest BCUT2D eigenvalue weighted by Crippen LogP contribution is -2.20. The molecule has 0 unspecified atom stereocenters. The van der Waals surface area contributed by atoms with Crippen molar-refractivity contribution in [3.63, 3.8) is 0 Å². The second kappa shape index (κ2) is 8.04. The van der Waals surface area contributed by atoms with E-state index in [1.165, 1.54) is 6.07 Å². The highest BCUT2D eigenvalue weighted by molar-refractivity contribution is 5.55. The molecule has 0 amide bonds. The van der Waals surface area contributed by atoms with Gasteiger partial charge in [0.2, 0.25) is 0 Å². The number of nitro groups is 1. The molecule has 108 valence electrons. The van der Waals surface area contributed by atoms with Gasteiger partial charge in [-0.15, -0.1) is 0 Å². The van der Waals surface area contributed by atoms with E-state index in [9.17, 15) is 10.1 Å². The number of hydrogen-bond acceptors (Lipinski definition) is 7. The van der Waals surface area contributed by atoms with Crippen LogP contribution in [0.2, 0.25) is 0 Å². The number of pyridine rings is 1. The maximum absolute atomic E-state index is 10.6. The minimum atomic E-state index is -0.581. The third-order valence-corrected chi connectivity index (χ3v) is 2.43. The maximum Gasteiger partial charge on any atom is 0.289 e. The maximum atomic E-state index is 10.6. The number of ether oxygens (including phenoxy) is 1. The van der Waals surface area contributed by atoms with Gasteiger partial charge in [-0.3, -0.25) is 10.1 Å². The van der Waals surface area contributed by atoms with Crippen molar-refractivity contribution in [2.45, 2.75) is 0 Å². The Morgan fingerprint density at radius 1 is 1.55 bits per heavy atom. The molecule has 0 saturated heterocycles. The van der Waals surface area contributed by atoms with Gasteiger partial charge in [-0.25, -0.2) is 4.98 Å². The van der Waals surface area contributed by atoms with Gasteiger partial charge in [0.25, 0.3) is 5.69 Å². The van der Waals surface area contributed by atoms with Crippen LogP contribution in [-0.2, 0) is 4.74 Å². The molecular formula is C12H17N5O3. The van der Waals surface area contributed by atoms with Gasteiger partial charge in [0.15, 0.2) is 0 Å². The molecule has 0 aliphatic heterocycles. The Kier molecular flexibility index (Phi) is 6.36. The van der Waals surface area contributed by atoms with Gasteiger partial charge in [0, 0.05) is 19.2 Å². The number of hydrogen-bond donors (Lipinski definition) is 1. The van der Waals surface area contributed by atoms with Crippen molar-refractivity contribution in [3.8, 4) is 6.07 Å². The third-order valence-electron chi connectivity index (χ3n) is 2.43. The number of rotatable bonds is 8. The SMILES string of the molecule is CN(C)CCOCCNc1ncc([N+](=O)[O-])cc1C#N. The summed E-state index contributed by atoms with van der Waals surface area (Å²) in [6.07, 6.45) is 1.12. The van der Waals surface area contributed by atoms with E-state index in [1.54, 1.807) is 0 Å². The van der Waals surface area contributed by atoms with Crippen LogP contribution in [0.25, 0.3) is 0 Å². The lowest BCUT2D eigenvalue weighted by atomic mass is 10.2. The Labute approximate surface area is 117 Å². The molecule has 0 fully saturated rings. The minimum Gasteiger partial charge on any atom is -0.378 e. The van der Waals surface area contributed by atoms with Crippen LogP contribution in [0.1, 0.15) is 5.56 Å². The molecule has 1 heterocycles. The average Bonchev–Trinajstić information content (AvgIpc) is 2.42. The first kappa shape index (κ1) is 15.8.